The van der Waals surface area contributed by atoms with Crippen LogP contribution in [0.1, 0.15) is 56.7 Å². The summed E-state index contributed by atoms with van der Waals surface area (Å²) >= 11 is 0. The normalized spacial score (nSPS) is 23.2. The number of anilines is 1. The van der Waals surface area contributed by atoms with E-state index in [9.17, 15) is 4.79 Å². The molecule has 0 saturated heterocycles. The Kier molecular flexibility index (Phi) is 6.29. The largest absolute Gasteiger partial charge is 0.481 e. The van der Waals surface area contributed by atoms with Gasteiger partial charge in [0.2, 0.25) is 0 Å². The SMILES string of the molecule is CCC(CCO[C@H]1C[C@H](CCc2ccc3c(n2)NCCC3)C1)C(=O)O. The van der Waals surface area contributed by atoms with Crippen molar-refractivity contribution in [3.63, 3.8) is 0 Å². The van der Waals surface area contributed by atoms with Gasteiger partial charge in [0.25, 0.3) is 0 Å². The topological polar surface area (TPSA) is 71.5 Å². The lowest BCUT2D eigenvalue weighted by Gasteiger charge is -2.35. The summed E-state index contributed by atoms with van der Waals surface area (Å²) in [6.07, 6.45) is 8.37. The first-order valence-corrected chi connectivity index (χ1v) is 9.72. The number of aromatic nitrogens is 1. The van der Waals surface area contributed by atoms with E-state index < -0.39 is 5.97 Å². The van der Waals surface area contributed by atoms with E-state index in [1.807, 2.05) is 6.92 Å². The van der Waals surface area contributed by atoms with Crippen molar-refractivity contribution in [1.82, 2.24) is 4.98 Å². The van der Waals surface area contributed by atoms with Crippen molar-refractivity contribution < 1.29 is 14.6 Å². The summed E-state index contributed by atoms with van der Waals surface area (Å²) < 4.78 is 5.83. The Morgan fingerprint density at radius 3 is 3.04 bits per heavy atom. The second-order valence-electron chi connectivity index (χ2n) is 7.44. The minimum Gasteiger partial charge on any atom is -0.481 e. The van der Waals surface area contributed by atoms with E-state index in [2.05, 4.69) is 17.4 Å². The number of fused-ring (bicyclic) bond motifs is 1. The summed E-state index contributed by atoms with van der Waals surface area (Å²) in [5, 5.41) is 12.4. The molecule has 138 valence electrons. The van der Waals surface area contributed by atoms with Crippen molar-refractivity contribution in [3.8, 4) is 0 Å². The Balaban J connectivity index is 1.32. The predicted molar refractivity (Wildman–Crippen MR) is 97.9 cm³/mol. The van der Waals surface area contributed by atoms with Crippen LogP contribution < -0.4 is 5.32 Å². The van der Waals surface area contributed by atoms with Gasteiger partial charge in [-0.2, -0.15) is 0 Å². The minimum atomic E-state index is -0.704. The van der Waals surface area contributed by atoms with Gasteiger partial charge in [0.1, 0.15) is 5.82 Å². The lowest BCUT2D eigenvalue weighted by Crippen LogP contribution is -2.32. The summed E-state index contributed by atoms with van der Waals surface area (Å²) in [7, 11) is 0. The van der Waals surface area contributed by atoms with Gasteiger partial charge in [-0.15, -0.1) is 0 Å². The minimum absolute atomic E-state index is 0.264. The average Bonchev–Trinajstić information content (AvgIpc) is 2.59. The third-order valence-electron chi connectivity index (χ3n) is 5.61. The highest BCUT2D eigenvalue weighted by atomic mass is 16.5. The maximum Gasteiger partial charge on any atom is 0.306 e. The van der Waals surface area contributed by atoms with Crippen LogP contribution >= 0.6 is 0 Å². The van der Waals surface area contributed by atoms with Crippen molar-refractivity contribution >= 4 is 11.8 Å². The number of carbonyl (C=O) groups is 1. The quantitative estimate of drug-likeness (QED) is 0.714. The fourth-order valence-corrected chi connectivity index (χ4v) is 3.79. The number of nitrogens with zero attached hydrogens (tertiary/aromatic N) is 1. The molecule has 2 N–H and O–H groups in total. The van der Waals surface area contributed by atoms with Crippen LogP contribution in [0.15, 0.2) is 12.1 Å². The van der Waals surface area contributed by atoms with Gasteiger partial charge in [-0.25, -0.2) is 4.98 Å². The number of hydrogen-bond donors (Lipinski definition) is 2. The van der Waals surface area contributed by atoms with Crippen LogP contribution in [0, 0.1) is 11.8 Å². The molecule has 1 aliphatic carbocycles. The lowest BCUT2D eigenvalue weighted by atomic mass is 9.79. The molecule has 2 heterocycles. The molecule has 1 saturated carbocycles. The van der Waals surface area contributed by atoms with E-state index >= 15 is 0 Å². The highest BCUT2D eigenvalue weighted by molar-refractivity contribution is 5.69. The summed E-state index contributed by atoms with van der Waals surface area (Å²) in [5.41, 5.74) is 2.53. The highest BCUT2D eigenvalue weighted by Gasteiger charge is 2.30. The molecule has 5 heteroatoms. The molecule has 1 aliphatic heterocycles. The number of aryl methyl sites for hydroxylation is 2. The summed E-state index contributed by atoms with van der Waals surface area (Å²) in [4.78, 5) is 15.7. The second kappa shape index (κ2) is 8.65. The molecule has 1 fully saturated rings. The zero-order valence-electron chi connectivity index (χ0n) is 15.2. The smallest absolute Gasteiger partial charge is 0.306 e. The van der Waals surface area contributed by atoms with Crippen molar-refractivity contribution in [2.45, 2.75) is 64.4 Å². The van der Waals surface area contributed by atoms with E-state index in [1.54, 1.807) is 0 Å². The van der Waals surface area contributed by atoms with Gasteiger partial charge in [-0.1, -0.05) is 13.0 Å². The summed E-state index contributed by atoms with van der Waals surface area (Å²) in [5.74, 6) is 0.837. The van der Waals surface area contributed by atoms with E-state index in [0.29, 0.717) is 25.6 Å². The molecular formula is C20H30N2O3. The fraction of sp³-hybridized carbons (Fsp3) is 0.700. The highest BCUT2D eigenvalue weighted by Crippen LogP contribution is 2.34. The van der Waals surface area contributed by atoms with Crippen LogP contribution in [0.5, 0.6) is 0 Å². The Hall–Kier alpha value is -1.62. The lowest BCUT2D eigenvalue weighted by molar-refractivity contribution is -0.143. The number of nitrogens with one attached hydrogen (secondary N) is 1. The zero-order chi connectivity index (χ0) is 17.6. The third kappa shape index (κ3) is 4.94. The zero-order valence-corrected chi connectivity index (χ0v) is 15.2. The van der Waals surface area contributed by atoms with Crippen LogP contribution in [0.3, 0.4) is 0 Å². The average molecular weight is 346 g/mol. The molecule has 0 aromatic carbocycles. The first kappa shape index (κ1) is 18.2. The van der Waals surface area contributed by atoms with Gasteiger partial charge in [0, 0.05) is 18.8 Å². The molecule has 1 aromatic rings. The van der Waals surface area contributed by atoms with E-state index in [1.165, 1.54) is 24.1 Å². The Labute approximate surface area is 150 Å². The Morgan fingerprint density at radius 1 is 1.44 bits per heavy atom. The number of hydrogen-bond acceptors (Lipinski definition) is 4. The number of carboxylic acid groups (broad SMARTS) is 1. The number of pyridine rings is 1. The molecular weight excluding hydrogens is 316 g/mol. The molecule has 5 nitrogen and oxygen atoms in total. The Bertz CT molecular complexity index is 584. The molecule has 1 aromatic heterocycles. The number of carboxylic acids is 1. The molecule has 2 aliphatic rings. The third-order valence-corrected chi connectivity index (χ3v) is 5.61. The van der Waals surface area contributed by atoms with Gasteiger partial charge in [0.15, 0.2) is 0 Å². The fourth-order valence-electron chi connectivity index (χ4n) is 3.79. The van der Waals surface area contributed by atoms with Crippen LogP contribution in [-0.4, -0.2) is 35.3 Å². The Morgan fingerprint density at radius 2 is 2.28 bits per heavy atom. The summed E-state index contributed by atoms with van der Waals surface area (Å²) in [6.45, 7) is 3.52. The van der Waals surface area contributed by atoms with Gasteiger partial charge in [-0.3, -0.25) is 4.79 Å². The van der Waals surface area contributed by atoms with Crippen LogP contribution in [0.4, 0.5) is 5.82 Å². The number of rotatable bonds is 9. The van der Waals surface area contributed by atoms with Gasteiger partial charge < -0.3 is 15.2 Å². The van der Waals surface area contributed by atoms with E-state index in [4.69, 9.17) is 14.8 Å². The van der Waals surface area contributed by atoms with E-state index in [0.717, 1.165) is 44.0 Å². The maximum atomic E-state index is 11.0. The van der Waals surface area contributed by atoms with Gasteiger partial charge in [-0.05, 0) is 68.9 Å². The van der Waals surface area contributed by atoms with Crippen molar-refractivity contribution in [2.24, 2.45) is 11.8 Å². The molecule has 0 amide bonds. The van der Waals surface area contributed by atoms with Crippen LogP contribution in [-0.2, 0) is 22.4 Å². The van der Waals surface area contributed by atoms with Crippen molar-refractivity contribution in [3.05, 3.63) is 23.4 Å². The van der Waals surface area contributed by atoms with Crippen molar-refractivity contribution in [2.75, 3.05) is 18.5 Å². The van der Waals surface area contributed by atoms with E-state index in [-0.39, 0.29) is 5.92 Å². The first-order valence-electron chi connectivity index (χ1n) is 9.72. The molecule has 0 radical (unpaired) electrons. The van der Waals surface area contributed by atoms with Crippen molar-refractivity contribution in [1.29, 1.82) is 0 Å². The number of aliphatic carboxylic acids is 1. The molecule has 1 unspecified atom stereocenters. The first-order chi connectivity index (χ1) is 12.2. The molecule has 0 spiro atoms. The standard InChI is InChI=1S/C20H30N2O3/c1-2-15(20(23)24)9-11-25-18-12-14(13-18)5-7-17-8-6-16-4-3-10-21-19(16)22-17/h6,8,14-15,18H,2-5,7,9-13H2,1H3,(H,21,22)(H,23,24)/t14-,15?,18-. The molecule has 25 heavy (non-hydrogen) atoms. The monoisotopic (exact) mass is 346 g/mol. The second-order valence-corrected chi connectivity index (χ2v) is 7.44. The summed E-state index contributed by atoms with van der Waals surface area (Å²) in [6, 6.07) is 4.40. The molecule has 0 bridgehead atoms. The van der Waals surface area contributed by atoms with Gasteiger partial charge >= 0.3 is 5.97 Å². The molecule has 3 rings (SSSR count). The molecule has 1 atom stereocenters. The van der Waals surface area contributed by atoms with Gasteiger partial charge in [0.05, 0.1) is 12.0 Å². The van der Waals surface area contributed by atoms with Crippen LogP contribution in [0.2, 0.25) is 0 Å². The maximum absolute atomic E-state index is 11.0. The predicted octanol–water partition coefficient (Wildman–Crippen LogP) is 3.67. The number of ether oxygens (including phenoxy) is 1. The van der Waals surface area contributed by atoms with Crippen LogP contribution in [0.25, 0.3) is 0 Å².